The van der Waals surface area contributed by atoms with Gasteiger partial charge in [0.2, 0.25) is 17.7 Å². The van der Waals surface area contributed by atoms with E-state index < -0.39 is 28.8 Å². The van der Waals surface area contributed by atoms with Crippen LogP contribution in [0.1, 0.15) is 37.8 Å². The molecule has 8 nitrogen and oxygen atoms in total. The molecule has 0 bridgehead atoms. The molecular weight excluding hydrogens is 442 g/mol. The molecule has 4 rings (SSSR count). The highest BCUT2D eigenvalue weighted by Crippen LogP contribution is 2.34. The van der Waals surface area contributed by atoms with E-state index in [2.05, 4.69) is 20.9 Å². The van der Waals surface area contributed by atoms with Gasteiger partial charge in [-0.2, -0.15) is 0 Å². The smallest absolute Gasteiger partial charge is 0.249 e. The van der Waals surface area contributed by atoms with Crippen LogP contribution in [-0.4, -0.2) is 47.4 Å². The number of fused-ring (bicyclic) bond motifs is 1. The minimum Gasteiger partial charge on any atom is -0.361 e. The number of para-hydroxylation sites is 1. The summed E-state index contributed by atoms with van der Waals surface area (Å²) in [6, 6.07) is 16.3. The largest absolute Gasteiger partial charge is 0.361 e. The van der Waals surface area contributed by atoms with Crippen LogP contribution in [0, 0.1) is 0 Å². The van der Waals surface area contributed by atoms with Gasteiger partial charge in [-0.05, 0) is 57.0 Å². The van der Waals surface area contributed by atoms with Crippen LogP contribution in [-0.2, 0) is 26.2 Å². The van der Waals surface area contributed by atoms with Gasteiger partial charge in [0, 0.05) is 23.5 Å². The molecule has 2 heterocycles. The summed E-state index contributed by atoms with van der Waals surface area (Å²) < 4.78 is 0. The standard InChI is InChI=1S/C27H33N5O3/c1-26(2,28)24(34)31-22(16-18-17-30-21-11-7-6-10-20(18)21)23(33)32-25(35)27(12-14-29-15-13-27)19-8-4-3-5-9-19/h3-11,17,22,29-30H,12-16,28H2,1-2H3,(H,31,34)(H,32,33,35). The number of aromatic amines is 1. The fourth-order valence-corrected chi connectivity index (χ4v) is 4.65. The van der Waals surface area contributed by atoms with Crippen LogP contribution >= 0.6 is 0 Å². The van der Waals surface area contributed by atoms with Gasteiger partial charge in [0.05, 0.1) is 11.0 Å². The number of aromatic nitrogens is 1. The molecule has 1 aliphatic heterocycles. The molecule has 6 N–H and O–H groups in total. The highest BCUT2D eigenvalue weighted by atomic mass is 16.2. The number of piperidine rings is 1. The molecule has 3 aromatic rings. The summed E-state index contributed by atoms with van der Waals surface area (Å²) in [4.78, 5) is 43.0. The van der Waals surface area contributed by atoms with Crippen LogP contribution in [0.25, 0.3) is 10.9 Å². The first-order chi connectivity index (χ1) is 16.7. The quantitative estimate of drug-likeness (QED) is 0.356. The third kappa shape index (κ3) is 5.28. The van der Waals surface area contributed by atoms with Crippen LogP contribution in [0.4, 0.5) is 0 Å². The second kappa shape index (κ2) is 10.0. The average Bonchev–Trinajstić information content (AvgIpc) is 3.26. The number of carbonyl (C=O) groups excluding carboxylic acids is 3. The minimum absolute atomic E-state index is 0.213. The van der Waals surface area contributed by atoms with Gasteiger partial charge in [-0.1, -0.05) is 48.5 Å². The van der Waals surface area contributed by atoms with Gasteiger partial charge >= 0.3 is 0 Å². The molecular formula is C27H33N5O3. The van der Waals surface area contributed by atoms with Gasteiger partial charge in [-0.15, -0.1) is 0 Å². The van der Waals surface area contributed by atoms with Crippen molar-refractivity contribution in [2.45, 2.75) is 50.1 Å². The van der Waals surface area contributed by atoms with Crippen LogP contribution in [0.5, 0.6) is 0 Å². The molecule has 0 saturated carbocycles. The van der Waals surface area contributed by atoms with Crippen molar-refractivity contribution in [3.05, 3.63) is 71.9 Å². The number of rotatable bonds is 7. The van der Waals surface area contributed by atoms with E-state index in [1.807, 2.05) is 60.8 Å². The van der Waals surface area contributed by atoms with E-state index in [9.17, 15) is 14.4 Å². The topological polar surface area (TPSA) is 129 Å². The van der Waals surface area contributed by atoms with Crippen LogP contribution in [0.3, 0.4) is 0 Å². The molecule has 184 valence electrons. The molecule has 1 saturated heterocycles. The monoisotopic (exact) mass is 475 g/mol. The van der Waals surface area contributed by atoms with E-state index in [0.717, 1.165) is 22.0 Å². The lowest BCUT2D eigenvalue weighted by Crippen LogP contribution is -2.59. The van der Waals surface area contributed by atoms with E-state index in [1.165, 1.54) is 0 Å². The molecule has 0 aliphatic carbocycles. The summed E-state index contributed by atoms with van der Waals surface area (Å²) in [7, 11) is 0. The molecule has 1 atom stereocenters. The number of benzene rings is 2. The van der Waals surface area contributed by atoms with Crippen molar-refractivity contribution < 1.29 is 14.4 Å². The highest BCUT2D eigenvalue weighted by molar-refractivity contribution is 6.04. The fourth-order valence-electron chi connectivity index (χ4n) is 4.65. The first-order valence-electron chi connectivity index (χ1n) is 12.0. The van der Waals surface area contributed by atoms with Crippen molar-refractivity contribution in [2.75, 3.05) is 13.1 Å². The molecule has 1 aliphatic rings. The zero-order chi connectivity index (χ0) is 25.1. The van der Waals surface area contributed by atoms with Crippen LogP contribution < -0.4 is 21.7 Å². The van der Waals surface area contributed by atoms with E-state index in [4.69, 9.17) is 5.73 Å². The van der Waals surface area contributed by atoms with Crippen molar-refractivity contribution in [3.8, 4) is 0 Å². The summed E-state index contributed by atoms with van der Waals surface area (Å²) in [5.41, 5.74) is 6.67. The Kier molecular flexibility index (Phi) is 7.05. The Hall–Kier alpha value is -3.49. The Morgan fingerprint density at radius 3 is 2.37 bits per heavy atom. The number of hydrogen-bond donors (Lipinski definition) is 5. The van der Waals surface area contributed by atoms with E-state index in [1.54, 1.807) is 13.8 Å². The van der Waals surface area contributed by atoms with Gasteiger partial charge in [-0.3, -0.25) is 19.7 Å². The third-order valence-corrected chi connectivity index (χ3v) is 6.76. The first kappa shape index (κ1) is 24.6. The maximum absolute atomic E-state index is 13.6. The lowest BCUT2D eigenvalue weighted by Gasteiger charge is -2.37. The van der Waals surface area contributed by atoms with Crippen molar-refractivity contribution in [3.63, 3.8) is 0 Å². The number of H-pyrrole nitrogens is 1. The number of amides is 3. The maximum atomic E-state index is 13.6. The number of hydrogen-bond acceptors (Lipinski definition) is 5. The Bertz CT molecular complexity index is 1210. The zero-order valence-electron chi connectivity index (χ0n) is 20.2. The van der Waals surface area contributed by atoms with Gasteiger partial charge in [0.1, 0.15) is 6.04 Å². The summed E-state index contributed by atoms with van der Waals surface area (Å²) >= 11 is 0. The number of nitrogens with two attached hydrogens (primary N) is 1. The summed E-state index contributed by atoms with van der Waals surface area (Å²) in [5.74, 6) is -1.36. The predicted octanol–water partition coefficient (Wildman–Crippen LogP) is 1.90. The van der Waals surface area contributed by atoms with Crippen molar-refractivity contribution >= 4 is 28.6 Å². The zero-order valence-corrected chi connectivity index (χ0v) is 20.2. The van der Waals surface area contributed by atoms with Crippen molar-refractivity contribution in [2.24, 2.45) is 5.73 Å². The molecule has 2 aromatic carbocycles. The predicted molar refractivity (Wildman–Crippen MR) is 136 cm³/mol. The number of carbonyl (C=O) groups is 3. The second-order valence-electron chi connectivity index (χ2n) is 9.83. The lowest BCUT2D eigenvalue weighted by molar-refractivity contribution is -0.138. The normalized spacial score (nSPS) is 16.4. The Balaban J connectivity index is 1.60. The van der Waals surface area contributed by atoms with Crippen molar-refractivity contribution in [1.29, 1.82) is 0 Å². The van der Waals surface area contributed by atoms with Gasteiger partial charge in [0.15, 0.2) is 0 Å². The summed E-state index contributed by atoms with van der Waals surface area (Å²) in [6.45, 7) is 4.50. The van der Waals surface area contributed by atoms with E-state index in [-0.39, 0.29) is 12.3 Å². The lowest BCUT2D eigenvalue weighted by atomic mass is 9.72. The minimum atomic E-state index is -1.18. The van der Waals surface area contributed by atoms with Gasteiger partial charge in [0.25, 0.3) is 0 Å². The van der Waals surface area contributed by atoms with Gasteiger partial charge in [-0.25, -0.2) is 0 Å². The average molecular weight is 476 g/mol. The Morgan fingerprint density at radius 2 is 1.69 bits per heavy atom. The summed E-state index contributed by atoms with van der Waals surface area (Å²) in [6.07, 6.45) is 3.19. The molecule has 0 radical (unpaired) electrons. The van der Waals surface area contributed by atoms with Gasteiger partial charge < -0.3 is 21.4 Å². The second-order valence-corrected chi connectivity index (χ2v) is 9.83. The molecule has 1 fully saturated rings. The number of nitrogens with one attached hydrogen (secondary N) is 4. The van der Waals surface area contributed by atoms with E-state index in [0.29, 0.717) is 25.9 Å². The molecule has 0 spiro atoms. The first-order valence-corrected chi connectivity index (χ1v) is 12.0. The Morgan fingerprint density at radius 1 is 1.03 bits per heavy atom. The van der Waals surface area contributed by atoms with Crippen LogP contribution in [0.15, 0.2) is 60.8 Å². The third-order valence-electron chi connectivity index (χ3n) is 6.76. The molecule has 35 heavy (non-hydrogen) atoms. The molecule has 8 heteroatoms. The highest BCUT2D eigenvalue weighted by Gasteiger charge is 2.42. The summed E-state index contributed by atoms with van der Waals surface area (Å²) in [5, 5.41) is 9.65. The van der Waals surface area contributed by atoms with Crippen LogP contribution in [0.2, 0.25) is 0 Å². The molecule has 3 amide bonds. The Labute approximate surface area is 205 Å². The number of imide groups is 1. The van der Waals surface area contributed by atoms with E-state index >= 15 is 0 Å². The molecule has 1 unspecified atom stereocenters. The fraction of sp³-hybridized carbons (Fsp3) is 0.370. The SMILES string of the molecule is CC(C)(N)C(=O)NC(Cc1c[nH]c2ccccc12)C(=O)NC(=O)C1(c2ccccc2)CCNCC1. The maximum Gasteiger partial charge on any atom is 0.249 e. The molecule has 1 aromatic heterocycles. The van der Waals surface area contributed by atoms with Crippen molar-refractivity contribution in [1.82, 2.24) is 20.9 Å².